The molecule has 0 radical (unpaired) electrons. The molecule has 1 N–H and O–H groups in total. The number of fused-ring (bicyclic) bond motifs is 1. The van der Waals surface area contributed by atoms with Crippen molar-refractivity contribution in [3.63, 3.8) is 0 Å². The number of para-hydroxylation sites is 1. The lowest BCUT2D eigenvalue weighted by Crippen LogP contribution is -2.50. The molecule has 0 aliphatic carbocycles. The highest BCUT2D eigenvalue weighted by atomic mass is 32.1. The van der Waals surface area contributed by atoms with Crippen LogP contribution in [-0.4, -0.2) is 43.8 Å². The van der Waals surface area contributed by atoms with Gasteiger partial charge in [-0.2, -0.15) is 0 Å². The van der Waals surface area contributed by atoms with Crippen LogP contribution in [0.15, 0.2) is 66.0 Å². The summed E-state index contributed by atoms with van der Waals surface area (Å²) in [5.74, 6) is -0.377. The molecule has 2 aromatic carbocycles. The van der Waals surface area contributed by atoms with Gasteiger partial charge in [0.1, 0.15) is 18.1 Å². The van der Waals surface area contributed by atoms with Crippen LogP contribution in [-0.2, 0) is 22.6 Å². The Hall–Kier alpha value is -3.52. The third kappa shape index (κ3) is 5.95. The molecule has 8 heteroatoms. The molecule has 0 fully saturated rings. The molecule has 0 spiro atoms. The number of amides is 2. The SMILES string of the molecule is Cc1ccccc1CCN(C(=O)Cn1nnc2ccccc21)C(C(=O)NC(C)(C)C)c1cccs1. The number of benzene rings is 2. The first-order valence-electron chi connectivity index (χ1n) is 11.7. The molecule has 1 atom stereocenters. The van der Waals surface area contributed by atoms with Gasteiger partial charge >= 0.3 is 0 Å². The number of nitrogens with one attached hydrogen (secondary N) is 1. The lowest BCUT2D eigenvalue weighted by molar-refractivity contribution is -0.142. The number of thiophene rings is 1. The van der Waals surface area contributed by atoms with Gasteiger partial charge in [-0.05, 0) is 68.8 Å². The standard InChI is InChI=1S/C27H31N5O2S/c1-19-10-5-6-11-20(19)15-16-31(24(33)18-32-22-13-8-7-12-21(22)29-30-32)25(23-14-9-17-35-23)26(34)28-27(2,3)4/h5-14,17,25H,15-16,18H2,1-4H3,(H,28,34). The summed E-state index contributed by atoms with van der Waals surface area (Å²) in [7, 11) is 0. The Bertz CT molecular complexity index is 1310. The summed E-state index contributed by atoms with van der Waals surface area (Å²) in [5.41, 5.74) is 3.39. The van der Waals surface area contributed by atoms with Gasteiger partial charge in [0, 0.05) is 17.0 Å². The maximum atomic E-state index is 13.8. The number of aromatic nitrogens is 3. The summed E-state index contributed by atoms with van der Waals surface area (Å²) in [4.78, 5) is 29.9. The fourth-order valence-corrected chi connectivity index (χ4v) is 4.93. The van der Waals surface area contributed by atoms with Crippen LogP contribution in [0.25, 0.3) is 11.0 Å². The molecule has 1 unspecified atom stereocenters. The lowest BCUT2D eigenvalue weighted by Gasteiger charge is -2.33. The second-order valence-corrected chi connectivity index (χ2v) is 10.6. The van der Waals surface area contributed by atoms with Crippen LogP contribution in [0.5, 0.6) is 0 Å². The number of hydrogen-bond donors (Lipinski definition) is 1. The number of rotatable bonds is 8. The quantitative estimate of drug-likeness (QED) is 0.394. The van der Waals surface area contributed by atoms with Crippen LogP contribution in [0.2, 0.25) is 0 Å². The first kappa shape index (κ1) is 24.6. The maximum absolute atomic E-state index is 13.8. The topological polar surface area (TPSA) is 80.1 Å². The lowest BCUT2D eigenvalue weighted by atomic mass is 10.0. The Morgan fingerprint density at radius 2 is 1.80 bits per heavy atom. The molecule has 0 bridgehead atoms. The molecule has 2 aromatic heterocycles. The molecular weight excluding hydrogens is 458 g/mol. The Labute approximate surface area is 209 Å². The first-order chi connectivity index (χ1) is 16.7. The van der Waals surface area contributed by atoms with E-state index in [0.717, 1.165) is 27.0 Å². The van der Waals surface area contributed by atoms with Gasteiger partial charge in [-0.1, -0.05) is 47.7 Å². The van der Waals surface area contributed by atoms with Crippen molar-refractivity contribution in [2.24, 2.45) is 0 Å². The second-order valence-electron chi connectivity index (χ2n) is 9.66. The smallest absolute Gasteiger partial charge is 0.248 e. The monoisotopic (exact) mass is 489 g/mol. The van der Waals surface area contributed by atoms with Gasteiger partial charge in [0.15, 0.2) is 0 Å². The second kappa shape index (κ2) is 10.4. The van der Waals surface area contributed by atoms with Crippen LogP contribution >= 0.6 is 11.3 Å². The summed E-state index contributed by atoms with van der Waals surface area (Å²) in [6, 6.07) is 18.8. The van der Waals surface area contributed by atoms with Crippen molar-refractivity contribution in [2.75, 3.05) is 6.54 Å². The van der Waals surface area contributed by atoms with Crippen molar-refractivity contribution in [1.29, 1.82) is 0 Å². The van der Waals surface area contributed by atoms with Crippen molar-refractivity contribution < 1.29 is 9.59 Å². The van der Waals surface area contributed by atoms with E-state index in [2.05, 4.69) is 34.7 Å². The van der Waals surface area contributed by atoms with E-state index in [-0.39, 0.29) is 18.4 Å². The molecule has 0 aliphatic heterocycles. The van der Waals surface area contributed by atoms with Gasteiger partial charge in [0.25, 0.3) is 0 Å². The van der Waals surface area contributed by atoms with Crippen LogP contribution in [0, 0.1) is 6.92 Å². The van der Waals surface area contributed by atoms with Gasteiger partial charge in [0.05, 0.1) is 5.52 Å². The number of carbonyl (C=O) groups excluding carboxylic acids is 2. The summed E-state index contributed by atoms with van der Waals surface area (Å²) in [5, 5.41) is 13.4. The van der Waals surface area contributed by atoms with Gasteiger partial charge in [-0.25, -0.2) is 4.68 Å². The van der Waals surface area contributed by atoms with E-state index >= 15 is 0 Å². The van der Waals surface area contributed by atoms with Gasteiger partial charge in [0.2, 0.25) is 11.8 Å². The number of aryl methyl sites for hydroxylation is 1. The Kier molecular flexibility index (Phi) is 7.31. The summed E-state index contributed by atoms with van der Waals surface area (Å²) >= 11 is 1.48. The molecule has 7 nitrogen and oxygen atoms in total. The van der Waals surface area contributed by atoms with E-state index in [1.165, 1.54) is 11.3 Å². The zero-order valence-corrected chi connectivity index (χ0v) is 21.4. The van der Waals surface area contributed by atoms with E-state index in [1.54, 1.807) is 9.58 Å². The van der Waals surface area contributed by atoms with E-state index in [1.807, 2.05) is 74.7 Å². The van der Waals surface area contributed by atoms with Gasteiger partial charge in [-0.3, -0.25) is 9.59 Å². The summed E-state index contributed by atoms with van der Waals surface area (Å²) in [6.45, 7) is 8.29. The molecule has 4 aromatic rings. The summed E-state index contributed by atoms with van der Waals surface area (Å²) in [6.07, 6.45) is 0.640. The molecule has 182 valence electrons. The Balaban J connectivity index is 1.68. The zero-order valence-electron chi connectivity index (χ0n) is 20.6. The van der Waals surface area contributed by atoms with E-state index in [0.29, 0.717) is 13.0 Å². The van der Waals surface area contributed by atoms with Gasteiger partial charge < -0.3 is 10.2 Å². The highest BCUT2D eigenvalue weighted by Gasteiger charge is 2.34. The van der Waals surface area contributed by atoms with Crippen molar-refractivity contribution in [3.05, 3.63) is 82.0 Å². The van der Waals surface area contributed by atoms with Crippen molar-refractivity contribution in [2.45, 2.75) is 52.2 Å². The minimum atomic E-state index is -0.736. The average Bonchev–Trinajstić information content (AvgIpc) is 3.47. The maximum Gasteiger partial charge on any atom is 0.248 e. The van der Waals surface area contributed by atoms with Crippen molar-refractivity contribution in [3.8, 4) is 0 Å². The molecule has 2 heterocycles. The molecular formula is C27H31N5O2S. The fraction of sp³-hybridized carbons (Fsp3) is 0.333. The fourth-order valence-electron chi connectivity index (χ4n) is 4.09. The van der Waals surface area contributed by atoms with Crippen LogP contribution < -0.4 is 5.32 Å². The number of hydrogen-bond acceptors (Lipinski definition) is 5. The highest BCUT2D eigenvalue weighted by Crippen LogP contribution is 2.28. The third-order valence-electron chi connectivity index (χ3n) is 5.78. The third-order valence-corrected chi connectivity index (χ3v) is 6.70. The van der Waals surface area contributed by atoms with Crippen molar-refractivity contribution in [1.82, 2.24) is 25.2 Å². The van der Waals surface area contributed by atoms with Crippen LogP contribution in [0.1, 0.15) is 42.8 Å². The Morgan fingerprint density at radius 1 is 1.06 bits per heavy atom. The minimum absolute atomic E-state index is 0.00103. The highest BCUT2D eigenvalue weighted by molar-refractivity contribution is 7.10. The molecule has 0 aliphatic rings. The van der Waals surface area contributed by atoms with E-state index < -0.39 is 11.6 Å². The predicted molar refractivity (Wildman–Crippen MR) is 139 cm³/mol. The normalized spacial score (nSPS) is 12.5. The molecule has 2 amide bonds. The molecule has 0 saturated heterocycles. The zero-order chi connectivity index (χ0) is 25.0. The molecule has 0 saturated carbocycles. The van der Waals surface area contributed by atoms with Gasteiger partial charge in [-0.15, -0.1) is 16.4 Å². The van der Waals surface area contributed by atoms with E-state index in [4.69, 9.17) is 0 Å². The number of nitrogens with zero attached hydrogens (tertiary/aromatic N) is 4. The first-order valence-corrected chi connectivity index (χ1v) is 12.6. The van der Waals surface area contributed by atoms with Crippen LogP contribution in [0.3, 0.4) is 0 Å². The number of carbonyl (C=O) groups is 2. The minimum Gasteiger partial charge on any atom is -0.349 e. The average molecular weight is 490 g/mol. The van der Waals surface area contributed by atoms with E-state index in [9.17, 15) is 9.59 Å². The Morgan fingerprint density at radius 3 is 2.51 bits per heavy atom. The predicted octanol–water partition coefficient (Wildman–Crippen LogP) is 4.53. The molecule has 35 heavy (non-hydrogen) atoms. The van der Waals surface area contributed by atoms with Crippen LogP contribution in [0.4, 0.5) is 0 Å². The van der Waals surface area contributed by atoms with Crippen molar-refractivity contribution >= 4 is 34.2 Å². The molecule has 4 rings (SSSR count). The summed E-state index contributed by atoms with van der Waals surface area (Å²) < 4.78 is 1.60. The largest absolute Gasteiger partial charge is 0.349 e.